The van der Waals surface area contributed by atoms with Gasteiger partial charge in [0.1, 0.15) is 0 Å². The molecule has 4 bridgehead atoms. The van der Waals surface area contributed by atoms with Gasteiger partial charge in [0.2, 0.25) is 0 Å². The average Bonchev–Trinajstić information content (AvgIpc) is 2.10. The molecule has 0 spiro atoms. The second-order valence-corrected chi connectivity index (χ2v) is 8.36. The van der Waals surface area contributed by atoms with E-state index in [1.165, 1.54) is 44.9 Å². The molecule has 98 valence electrons. The largest absolute Gasteiger partial charge is 0.309 e. The van der Waals surface area contributed by atoms with E-state index < -0.39 is 0 Å². The Morgan fingerprint density at radius 1 is 1.06 bits per heavy atom. The number of rotatable bonds is 3. The molecule has 0 saturated heterocycles. The van der Waals surface area contributed by atoms with E-state index in [-0.39, 0.29) is 0 Å². The normalized spacial score (nSPS) is 54.0. The highest BCUT2D eigenvalue weighted by atomic mass is 15.0. The molecule has 3 atom stereocenters. The van der Waals surface area contributed by atoms with Gasteiger partial charge in [0.05, 0.1) is 0 Å². The molecule has 0 aromatic heterocycles. The maximum Gasteiger partial charge on any atom is 0.0197 e. The summed E-state index contributed by atoms with van der Waals surface area (Å²) in [5.41, 5.74) is 1.79. The molecule has 0 amide bonds. The summed E-state index contributed by atoms with van der Waals surface area (Å²) in [7, 11) is 0. The number of hydrogen-bond acceptors (Lipinski definition) is 1. The standard InChI is InChI=1S/C16H29N/c1-5-12(2)17-16-8-13-6-14(3,10-16)9-15(4,7-13)11-16/h12-13,17H,5-11H2,1-4H3. The molecule has 4 aliphatic carbocycles. The van der Waals surface area contributed by atoms with Crippen molar-refractivity contribution in [2.75, 3.05) is 0 Å². The molecule has 3 unspecified atom stereocenters. The fraction of sp³-hybridized carbons (Fsp3) is 1.00. The first kappa shape index (κ1) is 12.0. The zero-order chi connectivity index (χ0) is 12.3. The summed E-state index contributed by atoms with van der Waals surface area (Å²) in [5.74, 6) is 1.01. The summed E-state index contributed by atoms with van der Waals surface area (Å²) in [6, 6.07) is 0.693. The van der Waals surface area contributed by atoms with Crippen LogP contribution in [0.4, 0.5) is 0 Å². The van der Waals surface area contributed by atoms with Crippen molar-refractivity contribution in [3.63, 3.8) is 0 Å². The fourth-order valence-corrected chi connectivity index (χ4v) is 6.23. The molecule has 4 aliphatic rings. The minimum absolute atomic E-state index is 0.498. The topological polar surface area (TPSA) is 12.0 Å². The highest BCUT2D eigenvalue weighted by Gasteiger charge is 2.60. The van der Waals surface area contributed by atoms with Gasteiger partial charge in [-0.3, -0.25) is 0 Å². The van der Waals surface area contributed by atoms with Crippen molar-refractivity contribution in [3.05, 3.63) is 0 Å². The molecular weight excluding hydrogens is 206 g/mol. The van der Waals surface area contributed by atoms with Crippen molar-refractivity contribution in [2.45, 2.75) is 84.2 Å². The van der Waals surface area contributed by atoms with E-state index in [1.807, 2.05) is 0 Å². The van der Waals surface area contributed by atoms with Gasteiger partial charge in [0.15, 0.2) is 0 Å². The summed E-state index contributed by atoms with van der Waals surface area (Å²) in [5, 5.41) is 4.02. The third-order valence-electron chi connectivity index (χ3n) is 5.79. The lowest BCUT2D eigenvalue weighted by Crippen LogP contribution is -2.65. The Labute approximate surface area is 107 Å². The minimum Gasteiger partial charge on any atom is -0.309 e. The quantitative estimate of drug-likeness (QED) is 0.776. The molecule has 0 aromatic carbocycles. The molecule has 4 rings (SSSR count). The van der Waals surface area contributed by atoms with Crippen LogP contribution in [-0.4, -0.2) is 11.6 Å². The van der Waals surface area contributed by atoms with Crippen LogP contribution in [0.25, 0.3) is 0 Å². The van der Waals surface area contributed by atoms with E-state index in [2.05, 4.69) is 33.0 Å². The number of hydrogen-bond donors (Lipinski definition) is 1. The first-order chi connectivity index (χ1) is 7.86. The maximum absolute atomic E-state index is 4.02. The zero-order valence-corrected chi connectivity index (χ0v) is 12.1. The maximum atomic E-state index is 4.02. The fourth-order valence-electron chi connectivity index (χ4n) is 6.23. The molecule has 1 N–H and O–H groups in total. The summed E-state index contributed by atoms with van der Waals surface area (Å²) >= 11 is 0. The average molecular weight is 235 g/mol. The van der Waals surface area contributed by atoms with Crippen LogP contribution in [-0.2, 0) is 0 Å². The summed E-state index contributed by atoms with van der Waals surface area (Å²) in [6.07, 6.45) is 10.1. The van der Waals surface area contributed by atoms with Gasteiger partial charge in [-0.05, 0) is 68.6 Å². The van der Waals surface area contributed by atoms with Crippen LogP contribution in [0.2, 0.25) is 0 Å². The molecule has 4 saturated carbocycles. The second-order valence-electron chi connectivity index (χ2n) is 8.36. The first-order valence-electron chi connectivity index (χ1n) is 7.64. The molecule has 1 nitrogen and oxygen atoms in total. The van der Waals surface area contributed by atoms with Crippen molar-refractivity contribution in [2.24, 2.45) is 16.7 Å². The first-order valence-corrected chi connectivity index (χ1v) is 7.64. The summed E-state index contributed by atoms with van der Waals surface area (Å²) < 4.78 is 0. The minimum atomic E-state index is 0.498. The Bertz CT molecular complexity index is 303. The molecule has 1 heteroatoms. The van der Waals surface area contributed by atoms with E-state index in [4.69, 9.17) is 0 Å². The highest BCUT2D eigenvalue weighted by Crippen LogP contribution is 2.66. The van der Waals surface area contributed by atoms with Gasteiger partial charge in [-0.1, -0.05) is 20.8 Å². The van der Waals surface area contributed by atoms with Crippen LogP contribution >= 0.6 is 0 Å². The smallest absolute Gasteiger partial charge is 0.0197 e. The van der Waals surface area contributed by atoms with Crippen LogP contribution < -0.4 is 5.32 Å². The summed E-state index contributed by atoms with van der Waals surface area (Å²) in [4.78, 5) is 0. The predicted octanol–water partition coefficient (Wildman–Crippen LogP) is 4.12. The van der Waals surface area contributed by atoms with E-state index in [9.17, 15) is 0 Å². The Kier molecular flexibility index (Phi) is 2.47. The van der Waals surface area contributed by atoms with Gasteiger partial charge in [-0.25, -0.2) is 0 Å². The molecule has 0 radical (unpaired) electrons. The van der Waals surface area contributed by atoms with Gasteiger partial charge < -0.3 is 5.32 Å². The third-order valence-corrected chi connectivity index (χ3v) is 5.79. The molecule has 0 aromatic rings. The van der Waals surface area contributed by atoms with Crippen LogP contribution in [0.15, 0.2) is 0 Å². The predicted molar refractivity (Wildman–Crippen MR) is 73.0 cm³/mol. The molecule has 0 heterocycles. The van der Waals surface area contributed by atoms with Crippen LogP contribution in [0.5, 0.6) is 0 Å². The lowest BCUT2D eigenvalue weighted by molar-refractivity contribution is -0.120. The zero-order valence-electron chi connectivity index (χ0n) is 12.1. The van der Waals surface area contributed by atoms with E-state index in [1.54, 1.807) is 0 Å². The Balaban J connectivity index is 1.87. The van der Waals surface area contributed by atoms with Gasteiger partial charge >= 0.3 is 0 Å². The van der Waals surface area contributed by atoms with Gasteiger partial charge in [0.25, 0.3) is 0 Å². The van der Waals surface area contributed by atoms with Crippen molar-refractivity contribution in [1.29, 1.82) is 0 Å². The molecule has 4 fully saturated rings. The lowest BCUT2D eigenvalue weighted by Gasteiger charge is -2.66. The Morgan fingerprint density at radius 3 is 2.12 bits per heavy atom. The van der Waals surface area contributed by atoms with Gasteiger partial charge in [-0.15, -0.1) is 0 Å². The molecule has 0 aliphatic heterocycles. The number of nitrogens with one attached hydrogen (secondary N) is 1. The van der Waals surface area contributed by atoms with E-state index >= 15 is 0 Å². The van der Waals surface area contributed by atoms with Crippen LogP contribution in [0, 0.1) is 16.7 Å². The SMILES string of the molecule is CCC(C)NC12CC3CC(C)(CC(C)(C3)C1)C2. The van der Waals surface area contributed by atoms with Gasteiger partial charge in [-0.2, -0.15) is 0 Å². The van der Waals surface area contributed by atoms with Crippen molar-refractivity contribution >= 4 is 0 Å². The molecular formula is C16H29N. The Morgan fingerprint density at radius 2 is 1.65 bits per heavy atom. The van der Waals surface area contributed by atoms with E-state index in [0.717, 1.165) is 5.92 Å². The second kappa shape index (κ2) is 3.50. The van der Waals surface area contributed by atoms with Crippen molar-refractivity contribution < 1.29 is 0 Å². The van der Waals surface area contributed by atoms with Crippen LogP contribution in [0.1, 0.15) is 72.6 Å². The van der Waals surface area contributed by atoms with Crippen molar-refractivity contribution in [1.82, 2.24) is 5.32 Å². The molecule has 17 heavy (non-hydrogen) atoms. The van der Waals surface area contributed by atoms with Crippen molar-refractivity contribution in [3.8, 4) is 0 Å². The lowest BCUT2D eigenvalue weighted by atomic mass is 9.42. The Hall–Kier alpha value is -0.0400. The monoisotopic (exact) mass is 235 g/mol. The van der Waals surface area contributed by atoms with E-state index in [0.29, 0.717) is 22.4 Å². The third kappa shape index (κ3) is 1.95. The summed E-state index contributed by atoms with van der Waals surface area (Å²) in [6.45, 7) is 9.79. The van der Waals surface area contributed by atoms with Crippen LogP contribution in [0.3, 0.4) is 0 Å². The van der Waals surface area contributed by atoms with Gasteiger partial charge in [0, 0.05) is 11.6 Å². The highest BCUT2D eigenvalue weighted by molar-refractivity contribution is 5.14.